The van der Waals surface area contributed by atoms with Crippen LogP contribution in [0.4, 0.5) is 4.39 Å². The van der Waals surface area contributed by atoms with Crippen molar-refractivity contribution < 1.29 is 9.50 Å². The fourth-order valence-corrected chi connectivity index (χ4v) is 2.35. The van der Waals surface area contributed by atoms with Crippen molar-refractivity contribution >= 4 is 26.8 Å². The maximum atomic E-state index is 13.6. The van der Waals surface area contributed by atoms with Crippen LogP contribution in [0, 0.1) is 5.82 Å². The molecule has 6 heteroatoms. The van der Waals surface area contributed by atoms with Gasteiger partial charge in [-0.05, 0) is 31.4 Å². The van der Waals surface area contributed by atoms with Gasteiger partial charge in [0.2, 0.25) is 0 Å². The molecule has 2 rings (SSSR count). The van der Waals surface area contributed by atoms with Gasteiger partial charge < -0.3 is 5.11 Å². The Kier molecular flexibility index (Phi) is 4.66. The second-order valence-electron chi connectivity index (χ2n) is 4.31. The molecule has 0 saturated carbocycles. The second-order valence-corrected chi connectivity index (χ2v) is 5.23. The molecule has 2 aromatic rings. The molecule has 0 unspecified atom stereocenters. The van der Waals surface area contributed by atoms with Crippen molar-refractivity contribution in [3.63, 3.8) is 0 Å². The summed E-state index contributed by atoms with van der Waals surface area (Å²) in [4.78, 5) is 16.2. The van der Waals surface area contributed by atoms with E-state index in [1.165, 1.54) is 17.0 Å². The Morgan fingerprint density at radius 3 is 2.84 bits per heavy atom. The minimum absolute atomic E-state index is 0.0970. The van der Waals surface area contributed by atoms with Crippen molar-refractivity contribution in [2.75, 3.05) is 6.61 Å². The Morgan fingerprint density at radius 2 is 2.11 bits per heavy atom. The number of halogens is 2. The molecular formula is C13H14BrFN2O2. The van der Waals surface area contributed by atoms with Gasteiger partial charge in [-0.25, -0.2) is 9.37 Å². The molecule has 1 heterocycles. The molecule has 0 fully saturated rings. The summed E-state index contributed by atoms with van der Waals surface area (Å²) in [6.45, 7) is 0.679. The number of aromatic nitrogens is 2. The molecule has 0 amide bonds. The lowest BCUT2D eigenvalue weighted by Crippen LogP contribution is -2.21. The number of aliphatic hydroxyl groups is 1. The van der Waals surface area contributed by atoms with E-state index in [0.717, 1.165) is 19.3 Å². The zero-order chi connectivity index (χ0) is 13.8. The Balaban J connectivity index is 2.32. The van der Waals surface area contributed by atoms with Crippen molar-refractivity contribution in [1.29, 1.82) is 0 Å². The van der Waals surface area contributed by atoms with Crippen molar-refractivity contribution in [2.45, 2.75) is 25.8 Å². The molecule has 0 aliphatic rings. The molecule has 0 saturated heterocycles. The van der Waals surface area contributed by atoms with Gasteiger partial charge in [0.05, 0.1) is 11.7 Å². The number of benzene rings is 1. The van der Waals surface area contributed by atoms with Crippen molar-refractivity contribution in [2.24, 2.45) is 0 Å². The first-order valence-corrected chi connectivity index (χ1v) is 6.88. The van der Waals surface area contributed by atoms with Gasteiger partial charge in [-0.3, -0.25) is 9.36 Å². The first kappa shape index (κ1) is 14.1. The molecular weight excluding hydrogens is 315 g/mol. The van der Waals surface area contributed by atoms with Gasteiger partial charge in [-0.15, -0.1) is 0 Å². The Hall–Kier alpha value is -1.27. The van der Waals surface area contributed by atoms with Crippen LogP contribution in [0.1, 0.15) is 19.3 Å². The topological polar surface area (TPSA) is 55.1 Å². The van der Waals surface area contributed by atoms with E-state index in [0.29, 0.717) is 11.0 Å². The summed E-state index contributed by atoms with van der Waals surface area (Å²) in [5.41, 5.74) is -0.144. The molecule has 0 aliphatic carbocycles. The molecule has 19 heavy (non-hydrogen) atoms. The highest BCUT2D eigenvalue weighted by Gasteiger charge is 2.09. The smallest absolute Gasteiger partial charge is 0.261 e. The quantitative estimate of drug-likeness (QED) is 0.858. The number of hydrogen-bond donors (Lipinski definition) is 1. The molecule has 0 bridgehead atoms. The summed E-state index contributed by atoms with van der Waals surface area (Å²) < 4.78 is 15.6. The lowest BCUT2D eigenvalue weighted by molar-refractivity contribution is 0.281. The zero-order valence-corrected chi connectivity index (χ0v) is 11.9. The van der Waals surface area contributed by atoms with Crippen molar-refractivity contribution in [3.8, 4) is 0 Å². The van der Waals surface area contributed by atoms with E-state index in [9.17, 15) is 9.18 Å². The molecule has 1 N–H and O–H groups in total. The Bertz CT molecular complexity index is 642. The lowest BCUT2D eigenvalue weighted by Gasteiger charge is -2.07. The van der Waals surface area contributed by atoms with E-state index in [1.807, 2.05) is 0 Å². The van der Waals surface area contributed by atoms with Gasteiger partial charge in [0.15, 0.2) is 5.82 Å². The largest absolute Gasteiger partial charge is 0.396 e. The van der Waals surface area contributed by atoms with Crippen LogP contribution in [0.3, 0.4) is 0 Å². The Labute approximate surface area is 118 Å². The maximum Gasteiger partial charge on any atom is 0.261 e. The van der Waals surface area contributed by atoms with Gasteiger partial charge in [0, 0.05) is 17.6 Å². The molecule has 0 spiro atoms. The molecule has 1 aromatic carbocycles. The minimum Gasteiger partial charge on any atom is -0.396 e. The van der Waals surface area contributed by atoms with Crippen LogP contribution < -0.4 is 5.56 Å². The average molecular weight is 329 g/mol. The highest BCUT2D eigenvalue weighted by Crippen LogP contribution is 2.19. The minimum atomic E-state index is -0.506. The second kappa shape index (κ2) is 6.25. The molecule has 1 aromatic heterocycles. The van der Waals surface area contributed by atoms with E-state index in [4.69, 9.17) is 5.11 Å². The third kappa shape index (κ3) is 3.19. The van der Waals surface area contributed by atoms with Crippen molar-refractivity contribution in [3.05, 3.63) is 39.1 Å². The number of fused-ring (bicyclic) bond motifs is 1. The first-order chi connectivity index (χ1) is 9.13. The summed E-state index contributed by atoms with van der Waals surface area (Å²) in [6.07, 6.45) is 3.72. The molecule has 0 radical (unpaired) electrons. The fraction of sp³-hybridized carbons (Fsp3) is 0.385. The van der Waals surface area contributed by atoms with E-state index < -0.39 is 5.82 Å². The number of hydrogen-bond acceptors (Lipinski definition) is 3. The standard InChI is InChI=1S/C13H14BrFN2O2/c14-9-6-10-12(11(15)7-9)16-8-17(13(10)19)4-2-1-3-5-18/h6-8,18H,1-5H2. The van der Waals surface area contributed by atoms with Gasteiger partial charge in [-0.2, -0.15) is 0 Å². The van der Waals surface area contributed by atoms with E-state index in [2.05, 4.69) is 20.9 Å². The summed E-state index contributed by atoms with van der Waals surface area (Å²) >= 11 is 3.17. The number of aliphatic hydroxyl groups excluding tert-OH is 1. The highest BCUT2D eigenvalue weighted by molar-refractivity contribution is 9.10. The van der Waals surface area contributed by atoms with Crippen LogP contribution in [-0.4, -0.2) is 21.3 Å². The molecule has 102 valence electrons. The lowest BCUT2D eigenvalue weighted by atomic mass is 10.2. The van der Waals surface area contributed by atoms with Gasteiger partial charge >= 0.3 is 0 Å². The first-order valence-electron chi connectivity index (χ1n) is 6.08. The van der Waals surface area contributed by atoms with Crippen LogP contribution in [-0.2, 0) is 6.54 Å². The summed E-state index contributed by atoms with van der Waals surface area (Å²) in [5, 5.41) is 8.97. The van der Waals surface area contributed by atoms with Crippen LogP contribution in [0.25, 0.3) is 10.9 Å². The summed E-state index contributed by atoms with van der Waals surface area (Å²) in [6, 6.07) is 2.87. The van der Waals surface area contributed by atoms with Crippen LogP contribution in [0.2, 0.25) is 0 Å². The van der Waals surface area contributed by atoms with Crippen LogP contribution >= 0.6 is 15.9 Å². The zero-order valence-electron chi connectivity index (χ0n) is 10.3. The van der Waals surface area contributed by atoms with Gasteiger partial charge in [0.1, 0.15) is 5.52 Å². The normalized spacial score (nSPS) is 11.1. The third-order valence-electron chi connectivity index (χ3n) is 2.90. The van der Waals surface area contributed by atoms with Crippen LogP contribution in [0.5, 0.6) is 0 Å². The maximum absolute atomic E-state index is 13.6. The Morgan fingerprint density at radius 1 is 1.32 bits per heavy atom. The predicted octanol–water partition coefficient (Wildman–Crippen LogP) is 2.46. The van der Waals surface area contributed by atoms with Gasteiger partial charge in [-0.1, -0.05) is 15.9 Å². The monoisotopic (exact) mass is 328 g/mol. The van der Waals surface area contributed by atoms with E-state index in [1.54, 1.807) is 6.07 Å². The predicted molar refractivity (Wildman–Crippen MR) is 74.6 cm³/mol. The molecule has 0 atom stereocenters. The van der Waals surface area contributed by atoms with E-state index >= 15 is 0 Å². The van der Waals surface area contributed by atoms with Gasteiger partial charge in [0.25, 0.3) is 5.56 Å². The average Bonchev–Trinajstić information content (AvgIpc) is 2.37. The van der Waals surface area contributed by atoms with Crippen molar-refractivity contribution in [1.82, 2.24) is 9.55 Å². The van der Waals surface area contributed by atoms with E-state index in [-0.39, 0.29) is 23.1 Å². The van der Waals surface area contributed by atoms with Crippen LogP contribution in [0.15, 0.2) is 27.7 Å². The number of nitrogens with zero attached hydrogens (tertiary/aromatic N) is 2. The summed E-state index contributed by atoms with van der Waals surface area (Å²) in [5.74, 6) is -0.506. The molecule has 4 nitrogen and oxygen atoms in total. The summed E-state index contributed by atoms with van der Waals surface area (Å²) in [7, 11) is 0. The number of unbranched alkanes of at least 4 members (excludes halogenated alkanes) is 2. The number of rotatable bonds is 5. The number of aryl methyl sites for hydroxylation is 1. The molecule has 0 aliphatic heterocycles. The third-order valence-corrected chi connectivity index (χ3v) is 3.36. The SMILES string of the molecule is O=c1c2cc(Br)cc(F)c2ncn1CCCCCO. The fourth-order valence-electron chi connectivity index (χ4n) is 1.92. The highest BCUT2D eigenvalue weighted by atomic mass is 79.9.